The van der Waals surface area contributed by atoms with Gasteiger partial charge in [-0.1, -0.05) is 0 Å². The highest BCUT2D eigenvalue weighted by atomic mass is 32.1. The molecule has 1 aliphatic heterocycles. The zero-order valence-corrected chi connectivity index (χ0v) is 20.3. The normalized spacial score (nSPS) is 18.2. The summed E-state index contributed by atoms with van der Waals surface area (Å²) in [5.74, 6) is -1.29. The van der Waals surface area contributed by atoms with E-state index in [2.05, 4.69) is 15.0 Å². The third-order valence-electron chi connectivity index (χ3n) is 6.40. The summed E-state index contributed by atoms with van der Waals surface area (Å²) < 4.78 is 87.4. The third kappa shape index (κ3) is 5.10. The van der Waals surface area contributed by atoms with Crippen LogP contribution < -0.4 is 10.1 Å². The standard InChI is InChI=1S/C22H23F6N3O4S/c1-19(2,10-34-22(26,27)28)18(33)31-8-20(9-31)5-11(6-20)35-14-4-13(21(23,24)25)16-15(30-14)12(7-36-16)17(32)29-3/h4,7,11H,5-6,8-10H2,1-3H3,(H,29,32). The number of nitrogens with one attached hydrogen (secondary N) is 1. The van der Waals surface area contributed by atoms with E-state index in [9.17, 15) is 35.9 Å². The molecule has 1 aliphatic carbocycles. The number of rotatable bonds is 6. The van der Waals surface area contributed by atoms with Crippen molar-refractivity contribution in [1.29, 1.82) is 0 Å². The lowest BCUT2D eigenvalue weighted by Gasteiger charge is -2.59. The Hall–Kier alpha value is -2.61. The zero-order chi connectivity index (χ0) is 26.7. The van der Waals surface area contributed by atoms with E-state index in [1.165, 1.54) is 31.2 Å². The molecule has 2 amide bonds. The zero-order valence-electron chi connectivity index (χ0n) is 19.5. The number of pyridine rings is 1. The molecular formula is C22H23F6N3O4S. The van der Waals surface area contributed by atoms with Crippen molar-refractivity contribution in [2.75, 3.05) is 26.7 Å². The molecule has 4 rings (SSSR count). The van der Waals surface area contributed by atoms with Crippen LogP contribution in [0.2, 0.25) is 0 Å². The largest absolute Gasteiger partial charge is 0.522 e. The Morgan fingerprint density at radius 1 is 1.19 bits per heavy atom. The Labute approximate surface area is 205 Å². The molecule has 1 spiro atoms. The highest BCUT2D eigenvalue weighted by Gasteiger charge is 2.56. The molecule has 1 saturated heterocycles. The van der Waals surface area contributed by atoms with Crippen molar-refractivity contribution in [3.8, 4) is 5.88 Å². The number of thiophene rings is 1. The Bertz CT molecular complexity index is 1180. The van der Waals surface area contributed by atoms with Crippen LogP contribution in [0.4, 0.5) is 26.3 Å². The number of fused-ring (bicyclic) bond motifs is 1. The predicted octanol–water partition coefficient (Wildman–Crippen LogP) is 4.61. The highest BCUT2D eigenvalue weighted by Crippen LogP contribution is 2.51. The maximum Gasteiger partial charge on any atom is 0.522 e. The van der Waals surface area contributed by atoms with Crippen LogP contribution in [0.1, 0.15) is 42.6 Å². The molecule has 2 aromatic rings. The molecule has 0 radical (unpaired) electrons. The van der Waals surface area contributed by atoms with E-state index in [0.717, 1.165) is 17.4 Å². The van der Waals surface area contributed by atoms with Gasteiger partial charge in [-0.2, -0.15) is 13.2 Å². The average Bonchev–Trinajstić information content (AvgIpc) is 3.14. The summed E-state index contributed by atoms with van der Waals surface area (Å²) in [6.45, 7) is 2.56. The molecule has 36 heavy (non-hydrogen) atoms. The number of alkyl halides is 6. The van der Waals surface area contributed by atoms with Crippen molar-refractivity contribution >= 4 is 33.4 Å². The van der Waals surface area contributed by atoms with Gasteiger partial charge in [0.15, 0.2) is 0 Å². The lowest BCUT2D eigenvalue weighted by atomic mass is 9.61. The van der Waals surface area contributed by atoms with Gasteiger partial charge < -0.3 is 15.0 Å². The van der Waals surface area contributed by atoms with Crippen LogP contribution in [-0.2, 0) is 15.7 Å². The van der Waals surface area contributed by atoms with Gasteiger partial charge in [-0.3, -0.25) is 14.3 Å². The molecule has 1 saturated carbocycles. The van der Waals surface area contributed by atoms with Crippen LogP contribution in [0, 0.1) is 10.8 Å². The van der Waals surface area contributed by atoms with Gasteiger partial charge in [0.05, 0.1) is 33.4 Å². The van der Waals surface area contributed by atoms with E-state index >= 15 is 0 Å². The van der Waals surface area contributed by atoms with Crippen LogP contribution in [0.3, 0.4) is 0 Å². The van der Waals surface area contributed by atoms with Crippen molar-refractivity contribution in [1.82, 2.24) is 15.2 Å². The maximum atomic E-state index is 13.7. The lowest BCUT2D eigenvalue weighted by Crippen LogP contribution is -2.67. The molecular weight excluding hydrogens is 516 g/mol. The van der Waals surface area contributed by atoms with E-state index < -0.39 is 48.0 Å². The fourth-order valence-corrected chi connectivity index (χ4v) is 5.65. The van der Waals surface area contributed by atoms with Gasteiger partial charge in [0, 0.05) is 37.0 Å². The summed E-state index contributed by atoms with van der Waals surface area (Å²) >= 11 is 0.773. The Balaban J connectivity index is 1.40. The van der Waals surface area contributed by atoms with E-state index in [-0.39, 0.29) is 27.1 Å². The molecule has 0 atom stereocenters. The van der Waals surface area contributed by atoms with Crippen molar-refractivity contribution in [2.45, 2.75) is 45.3 Å². The van der Waals surface area contributed by atoms with Crippen molar-refractivity contribution < 1.29 is 45.4 Å². The van der Waals surface area contributed by atoms with Gasteiger partial charge in [-0.15, -0.1) is 24.5 Å². The number of aromatic nitrogens is 1. The van der Waals surface area contributed by atoms with Crippen LogP contribution >= 0.6 is 11.3 Å². The SMILES string of the molecule is CNC(=O)c1csc2c(C(F)(F)F)cc(OC3CC4(C3)CN(C(=O)C(C)(C)COC(F)(F)F)C4)nc12. The van der Waals surface area contributed by atoms with E-state index in [1.807, 2.05) is 0 Å². The number of nitrogens with zero attached hydrogens (tertiary/aromatic N) is 2. The third-order valence-corrected chi connectivity index (χ3v) is 7.40. The van der Waals surface area contributed by atoms with Gasteiger partial charge in [-0.05, 0) is 26.7 Å². The molecule has 0 bridgehead atoms. The Kier molecular flexibility index (Phi) is 6.43. The quantitative estimate of drug-likeness (QED) is 0.543. The summed E-state index contributed by atoms with van der Waals surface area (Å²) in [5.41, 5.74) is -2.69. The number of carbonyl (C=O) groups is 2. The van der Waals surface area contributed by atoms with Gasteiger partial charge in [-0.25, -0.2) is 4.98 Å². The van der Waals surface area contributed by atoms with Crippen LogP contribution in [0.5, 0.6) is 5.88 Å². The first-order valence-electron chi connectivity index (χ1n) is 10.9. The van der Waals surface area contributed by atoms with Gasteiger partial charge in [0.25, 0.3) is 5.91 Å². The Morgan fingerprint density at radius 2 is 1.83 bits per heavy atom. The van der Waals surface area contributed by atoms with Crippen LogP contribution in [0.15, 0.2) is 11.4 Å². The number of halogens is 6. The number of hydrogen-bond donors (Lipinski definition) is 1. The fraction of sp³-hybridized carbons (Fsp3) is 0.591. The summed E-state index contributed by atoms with van der Waals surface area (Å²) in [6.07, 6.45) is -9.06. The number of amides is 2. The lowest BCUT2D eigenvalue weighted by molar-refractivity contribution is -0.331. The van der Waals surface area contributed by atoms with Crippen LogP contribution in [0.25, 0.3) is 10.2 Å². The number of likely N-dealkylation sites (tertiary alicyclic amines) is 1. The van der Waals surface area contributed by atoms with E-state index in [4.69, 9.17) is 4.74 Å². The summed E-state index contributed by atoms with van der Waals surface area (Å²) in [7, 11) is 1.36. The van der Waals surface area contributed by atoms with Gasteiger partial charge >= 0.3 is 12.5 Å². The van der Waals surface area contributed by atoms with Crippen LogP contribution in [-0.4, -0.2) is 60.9 Å². The number of hydrogen-bond acceptors (Lipinski definition) is 6. The summed E-state index contributed by atoms with van der Waals surface area (Å²) in [4.78, 5) is 30.3. The molecule has 2 aliphatic rings. The minimum Gasteiger partial charge on any atom is -0.474 e. The second-order valence-electron chi connectivity index (χ2n) is 9.84. The molecule has 7 nitrogen and oxygen atoms in total. The highest BCUT2D eigenvalue weighted by molar-refractivity contribution is 7.17. The minimum atomic E-state index is -4.83. The smallest absolute Gasteiger partial charge is 0.474 e. The number of ether oxygens (including phenoxy) is 2. The molecule has 0 unspecified atom stereocenters. The topological polar surface area (TPSA) is 80.8 Å². The molecule has 3 heterocycles. The second kappa shape index (κ2) is 8.75. The Morgan fingerprint density at radius 3 is 2.39 bits per heavy atom. The van der Waals surface area contributed by atoms with E-state index in [1.54, 1.807) is 0 Å². The molecule has 2 fully saturated rings. The second-order valence-corrected chi connectivity index (χ2v) is 10.7. The van der Waals surface area contributed by atoms with E-state index in [0.29, 0.717) is 25.9 Å². The molecule has 2 aromatic heterocycles. The molecule has 1 N–H and O–H groups in total. The van der Waals surface area contributed by atoms with Gasteiger partial charge in [0.1, 0.15) is 6.10 Å². The summed E-state index contributed by atoms with van der Waals surface area (Å²) in [6, 6.07) is 0.817. The molecule has 14 heteroatoms. The number of carbonyl (C=O) groups excluding carboxylic acids is 2. The summed E-state index contributed by atoms with van der Waals surface area (Å²) in [5, 5.41) is 3.69. The van der Waals surface area contributed by atoms with Crippen molar-refractivity contribution in [3.63, 3.8) is 0 Å². The average molecular weight is 539 g/mol. The van der Waals surface area contributed by atoms with Crippen molar-refractivity contribution in [2.24, 2.45) is 10.8 Å². The first-order valence-corrected chi connectivity index (χ1v) is 11.8. The maximum absolute atomic E-state index is 13.7. The molecule has 198 valence electrons. The fourth-order valence-electron chi connectivity index (χ4n) is 4.63. The predicted molar refractivity (Wildman–Crippen MR) is 116 cm³/mol. The first kappa shape index (κ1) is 26.5. The molecule has 0 aromatic carbocycles. The minimum absolute atomic E-state index is 0.0174. The first-order chi connectivity index (χ1) is 16.5. The van der Waals surface area contributed by atoms with Crippen molar-refractivity contribution in [3.05, 3.63) is 22.6 Å². The van der Waals surface area contributed by atoms with Gasteiger partial charge in [0.2, 0.25) is 11.8 Å². The monoisotopic (exact) mass is 539 g/mol.